The summed E-state index contributed by atoms with van der Waals surface area (Å²) in [5.41, 5.74) is 4.10. The van der Waals surface area contributed by atoms with Gasteiger partial charge in [-0.2, -0.15) is 0 Å². The van der Waals surface area contributed by atoms with E-state index in [-0.39, 0.29) is 5.91 Å². The van der Waals surface area contributed by atoms with Crippen molar-refractivity contribution in [1.82, 2.24) is 14.9 Å². The lowest BCUT2D eigenvalue weighted by Crippen LogP contribution is -2.26. The summed E-state index contributed by atoms with van der Waals surface area (Å²) in [7, 11) is 0. The predicted molar refractivity (Wildman–Crippen MR) is 145 cm³/mol. The van der Waals surface area contributed by atoms with E-state index in [0.29, 0.717) is 31.1 Å². The highest BCUT2D eigenvalue weighted by Crippen LogP contribution is 2.20. The van der Waals surface area contributed by atoms with Gasteiger partial charge in [-0.15, -0.1) is 0 Å². The average molecular weight is 534 g/mol. The first-order valence-electron chi connectivity index (χ1n) is 12.2. The zero-order chi connectivity index (χ0) is 24.6. The van der Waals surface area contributed by atoms with Crippen LogP contribution in [0.4, 0.5) is 0 Å². The number of imidazole rings is 1. The fourth-order valence-corrected chi connectivity index (χ4v) is 4.33. The molecular weight excluding hydrogens is 502 g/mol. The van der Waals surface area contributed by atoms with Crippen LogP contribution in [0.15, 0.2) is 77.3 Å². The van der Waals surface area contributed by atoms with Gasteiger partial charge in [-0.3, -0.25) is 4.79 Å². The van der Waals surface area contributed by atoms with Crippen molar-refractivity contribution in [2.45, 2.75) is 45.6 Å². The Morgan fingerprint density at radius 1 is 1.00 bits per heavy atom. The number of aromatic nitrogens is 2. The summed E-state index contributed by atoms with van der Waals surface area (Å²) in [6.45, 7) is 6.48. The summed E-state index contributed by atoms with van der Waals surface area (Å²) >= 11 is 3.40. The number of unbranched alkanes of at least 4 members (excludes halogenated alkanes) is 1. The van der Waals surface area contributed by atoms with Gasteiger partial charge in [0.2, 0.25) is 0 Å². The Balaban J connectivity index is 1.30. The number of para-hydroxylation sites is 2. The molecule has 1 amide bonds. The van der Waals surface area contributed by atoms with Crippen LogP contribution >= 0.6 is 15.9 Å². The van der Waals surface area contributed by atoms with E-state index in [1.54, 1.807) is 0 Å². The Morgan fingerprint density at radius 3 is 2.49 bits per heavy atom. The molecule has 182 valence electrons. The highest BCUT2D eigenvalue weighted by Gasteiger charge is 2.11. The molecule has 0 radical (unpaired) electrons. The fourth-order valence-electron chi connectivity index (χ4n) is 4.07. The fraction of sp³-hybridized carbons (Fsp3) is 0.310. The molecule has 3 aromatic carbocycles. The van der Waals surface area contributed by atoms with Gasteiger partial charge in [0.1, 0.15) is 11.6 Å². The van der Waals surface area contributed by atoms with Crippen molar-refractivity contribution in [3.8, 4) is 5.75 Å². The normalized spacial score (nSPS) is 11.2. The SMILES string of the molecule is CC(C)c1ccc(OCCCCn2c(CCNC(=O)c3ccc(Br)cc3)nc3ccccc32)cc1. The molecule has 6 heteroatoms. The molecule has 0 saturated carbocycles. The molecule has 0 aliphatic heterocycles. The van der Waals surface area contributed by atoms with Crippen molar-refractivity contribution in [3.63, 3.8) is 0 Å². The molecular formula is C29H32BrN3O2. The van der Waals surface area contributed by atoms with E-state index in [1.807, 2.05) is 42.5 Å². The highest BCUT2D eigenvalue weighted by atomic mass is 79.9. The second-order valence-corrected chi connectivity index (χ2v) is 9.88. The average Bonchev–Trinajstić information content (AvgIpc) is 3.21. The van der Waals surface area contributed by atoms with Crippen LogP contribution in [-0.4, -0.2) is 28.6 Å². The molecule has 0 aliphatic carbocycles. The number of aryl methyl sites for hydroxylation is 1. The lowest BCUT2D eigenvalue weighted by atomic mass is 10.0. The Hall–Kier alpha value is -3.12. The van der Waals surface area contributed by atoms with Gasteiger partial charge in [-0.1, -0.05) is 54.0 Å². The van der Waals surface area contributed by atoms with E-state index < -0.39 is 0 Å². The van der Waals surface area contributed by atoms with Crippen molar-refractivity contribution >= 4 is 32.9 Å². The minimum atomic E-state index is -0.0706. The van der Waals surface area contributed by atoms with Gasteiger partial charge in [0.15, 0.2) is 0 Å². The predicted octanol–water partition coefficient (Wildman–Crippen LogP) is 6.75. The summed E-state index contributed by atoms with van der Waals surface area (Å²) in [5, 5.41) is 3.02. The van der Waals surface area contributed by atoms with Crippen molar-refractivity contribution < 1.29 is 9.53 Å². The second kappa shape index (κ2) is 12.0. The van der Waals surface area contributed by atoms with Gasteiger partial charge in [-0.05, 0) is 72.9 Å². The standard InChI is InChI=1S/C29H32BrN3O2/c1-21(2)22-11-15-25(16-12-22)35-20-6-5-19-33-27-8-4-3-7-26(27)32-28(33)17-18-31-29(34)23-9-13-24(30)14-10-23/h3-4,7-16,21H,5-6,17-20H2,1-2H3,(H,31,34). The molecule has 0 saturated heterocycles. The first-order chi connectivity index (χ1) is 17.0. The molecule has 1 heterocycles. The number of hydrogen-bond donors (Lipinski definition) is 1. The highest BCUT2D eigenvalue weighted by molar-refractivity contribution is 9.10. The van der Waals surface area contributed by atoms with Crippen LogP contribution in [-0.2, 0) is 13.0 Å². The van der Waals surface area contributed by atoms with E-state index in [9.17, 15) is 4.79 Å². The second-order valence-electron chi connectivity index (χ2n) is 8.96. The molecule has 35 heavy (non-hydrogen) atoms. The Bertz CT molecular complexity index is 1250. The summed E-state index contributed by atoms with van der Waals surface area (Å²) in [4.78, 5) is 17.3. The van der Waals surface area contributed by atoms with E-state index in [2.05, 4.69) is 70.0 Å². The number of benzene rings is 3. The first-order valence-corrected chi connectivity index (χ1v) is 13.0. The Labute approximate surface area is 215 Å². The lowest BCUT2D eigenvalue weighted by molar-refractivity contribution is 0.0954. The topological polar surface area (TPSA) is 56.1 Å². The molecule has 5 nitrogen and oxygen atoms in total. The number of rotatable bonds is 11. The van der Waals surface area contributed by atoms with Crippen molar-refractivity contribution in [2.75, 3.05) is 13.2 Å². The smallest absolute Gasteiger partial charge is 0.251 e. The minimum absolute atomic E-state index is 0.0706. The van der Waals surface area contributed by atoms with Crippen molar-refractivity contribution in [1.29, 1.82) is 0 Å². The first kappa shape index (κ1) is 25.0. The van der Waals surface area contributed by atoms with Crippen LogP contribution in [0.5, 0.6) is 5.75 Å². The molecule has 0 bridgehead atoms. The number of ether oxygens (including phenoxy) is 1. The minimum Gasteiger partial charge on any atom is -0.494 e. The third kappa shape index (κ3) is 6.73. The Kier molecular flexibility index (Phi) is 8.59. The van der Waals surface area contributed by atoms with Gasteiger partial charge in [0.05, 0.1) is 17.6 Å². The lowest BCUT2D eigenvalue weighted by Gasteiger charge is -2.11. The summed E-state index contributed by atoms with van der Waals surface area (Å²) in [6, 6.07) is 24.0. The maximum absolute atomic E-state index is 12.4. The van der Waals surface area contributed by atoms with Gasteiger partial charge in [-0.25, -0.2) is 4.98 Å². The Morgan fingerprint density at radius 2 is 1.74 bits per heavy atom. The van der Waals surface area contributed by atoms with E-state index >= 15 is 0 Å². The van der Waals surface area contributed by atoms with Crippen LogP contribution in [0.1, 0.15) is 54.4 Å². The van der Waals surface area contributed by atoms with Crippen LogP contribution in [0.2, 0.25) is 0 Å². The van der Waals surface area contributed by atoms with Crippen LogP contribution < -0.4 is 10.1 Å². The number of hydrogen-bond acceptors (Lipinski definition) is 3. The largest absolute Gasteiger partial charge is 0.494 e. The molecule has 0 aliphatic rings. The molecule has 0 unspecified atom stereocenters. The maximum Gasteiger partial charge on any atom is 0.251 e. The molecule has 1 N–H and O–H groups in total. The van der Waals surface area contributed by atoms with Crippen LogP contribution in [0, 0.1) is 0 Å². The number of fused-ring (bicyclic) bond motifs is 1. The van der Waals surface area contributed by atoms with E-state index in [4.69, 9.17) is 9.72 Å². The molecule has 0 spiro atoms. The quantitative estimate of drug-likeness (QED) is 0.217. The molecule has 4 aromatic rings. The molecule has 1 aromatic heterocycles. The molecule has 0 atom stereocenters. The summed E-state index contributed by atoms with van der Waals surface area (Å²) in [6.07, 6.45) is 2.62. The van der Waals surface area contributed by atoms with E-state index in [1.165, 1.54) is 5.56 Å². The maximum atomic E-state index is 12.4. The monoisotopic (exact) mass is 533 g/mol. The summed E-state index contributed by atoms with van der Waals surface area (Å²) < 4.78 is 9.18. The van der Waals surface area contributed by atoms with Crippen molar-refractivity contribution in [3.05, 3.63) is 94.2 Å². The zero-order valence-electron chi connectivity index (χ0n) is 20.3. The number of carbonyl (C=O) groups excluding carboxylic acids is 1. The van der Waals surface area contributed by atoms with Crippen LogP contribution in [0.25, 0.3) is 11.0 Å². The zero-order valence-corrected chi connectivity index (χ0v) is 21.9. The molecule has 0 fully saturated rings. The summed E-state index contributed by atoms with van der Waals surface area (Å²) in [5.74, 6) is 2.37. The number of nitrogens with zero attached hydrogens (tertiary/aromatic N) is 2. The van der Waals surface area contributed by atoms with Gasteiger partial charge < -0.3 is 14.6 Å². The van der Waals surface area contributed by atoms with E-state index in [0.717, 1.165) is 46.5 Å². The number of halogens is 1. The van der Waals surface area contributed by atoms with Gasteiger partial charge >= 0.3 is 0 Å². The number of nitrogens with one attached hydrogen (secondary N) is 1. The van der Waals surface area contributed by atoms with Crippen molar-refractivity contribution in [2.24, 2.45) is 0 Å². The van der Waals surface area contributed by atoms with Gasteiger partial charge in [0.25, 0.3) is 5.91 Å². The number of carbonyl (C=O) groups is 1. The third-order valence-corrected chi connectivity index (χ3v) is 6.59. The third-order valence-electron chi connectivity index (χ3n) is 6.07. The van der Waals surface area contributed by atoms with Gasteiger partial charge in [0, 0.05) is 29.5 Å². The number of amides is 1. The molecule has 4 rings (SSSR count). The van der Waals surface area contributed by atoms with Crippen LogP contribution in [0.3, 0.4) is 0 Å².